The first-order valence-electron chi connectivity index (χ1n) is 7.57. The molecule has 112 valence electrons. The van der Waals surface area contributed by atoms with Gasteiger partial charge in [0, 0.05) is 11.6 Å². The normalized spacial score (nSPS) is 15.9. The number of nitrogens with one attached hydrogen (secondary N) is 1. The maximum absolute atomic E-state index is 13.7. The molecule has 3 aromatic rings. The molecule has 1 unspecified atom stereocenters. The largest absolute Gasteiger partial charge is 0.337 e. The van der Waals surface area contributed by atoms with Crippen molar-refractivity contribution in [2.24, 2.45) is 5.92 Å². The zero-order valence-electron chi connectivity index (χ0n) is 12.3. The molecule has 0 saturated heterocycles. The highest BCUT2D eigenvalue weighted by molar-refractivity contribution is 5.92. The highest BCUT2D eigenvalue weighted by Gasteiger charge is 2.31. The standard InChI is InChI=1S/C17H17FN4/c1-11(12-4-5-12)22-16-7-6-13(18)9-15(16)17(21-22)20-14-3-2-8-19-10-14/h2-3,6-12H,4-5H2,1H3,(H,20,21). The average Bonchev–Trinajstić information content (AvgIpc) is 3.32. The minimum atomic E-state index is -0.250. The molecule has 1 aliphatic rings. The maximum atomic E-state index is 13.7. The predicted octanol–water partition coefficient (Wildman–Crippen LogP) is 4.29. The lowest BCUT2D eigenvalue weighted by atomic mass is 10.2. The molecule has 5 heteroatoms. The Kier molecular flexibility index (Phi) is 3.06. The van der Waals surface area contributed by atoms with Crippen LogP contribution in [0.2, 0.25) is 0 Å². The molecule has 0 bridgehead atoms. The summed E-state index contributed by atoms with van der Waals surface area (Å²) in [5.74, 6) is 1.11. The van der Waals surface area contributed by atoms with E-state index in [0.717, 1.165) is 16.6 Å². The van der Waals surface area contributed by atoms with E-state index in [9.17, 15) is 4.39 Å². The summed E-state index contributed by atoms with van der Waals surface area (Å²) in [5.41, 5.74) is 1.81. The second kappa shape index (κ2) is 5.09. The van der Waals surface area contributed by atoms with Crippen LogP contribution < -0.4 is 5.32 Å². The van der Waals surface area contributed by atoms with E-state index in [1.807, 2.05) is 22.9 Å². The predicted molar refractivity (Wildman–Crippen MR) is 84.6 cm³/mol. The van der Waals surface area contributed by atoms with Gasteiger partial charge in [-0.3, -0.25) is 9.67 Å². The molecular weight excluding hydrogens is 279 g/mol. The first-order chi connectivity index (χ1) is 10.7. The van der Waals surface area contributed by atoms with Crippen LogP contribution in [0, 0.1) is 11.7 Å². The third kappa shape index (κ3) is 2.32. The number of nitrogens with zero attached hydrogens (tertiary/aromatic N) is 3. The zero-order valence-corrected chi connectivity index (χ0v) is 12.3. The fourth-order valence-corrected chi connectivity index (χ4v) is 2.87. The van der Waals surface area contributed by atoms with Crippen molar-refractivity contribution in [2.75, 3.05) is 5.32 Å². The molecule has 1 saturated carbocycles. The van der Waals surface area contributed by atoms with E-state index < -0.39 is 0 Å². The van der Waals surface area contributed by atoms with E-state index in [2.05, 4.69) is 17.2 Å². The summed E-state index contributed by atoms with van der Waals surface area (Å²) in [7, 11) is 0. The molecule has 4 rings (SSSR count). The van der Waals surface area contributed by atoms with Crippen molar-refractivity contribution in [3.63, 3.8) is 0 Å². The summed E-state index contributed by atoms with van der Waals surface area (Å²) < 4.78 is 15.7. The van der Waals surface area contributed by atoms with Crippen molar-refractivity contribution in [3.8, 4) is 0 Å². The van der Waals surface area contributed by atoms with E-state index in [4.69, 9.17) is 5.10 Å². The molecule has 1 fully saturated rings. The molecule has 2 aromatic heterocycles. The number of hydrogen-bond acceptors (Lipinski definition) is 3. The van der Waals surface area contributed by atoms with E-state index in [1.54, 1.807) is 12.4 Å². The van der Waals surface area contributed by atoms with Crippen LogP contribution in [0.25, 0.3) is 10.9 Å². The van der Waals surface area contributed by atoms with Crippen molar-refractivity contribution in [2.45, 2.75) is 25.8 Å². The van der Waals surface area contributed by atoms with Crippen LogP contribution in [0.15, 0.2) is 42.7 Å². The molecule has 22 heavy (non-hydrogen) atoms. The van der Waals surface area contributed by atoms with E-state index in [-0.39, 0.29) is 5.82 Å². The van der Waals surface area contributed by atoms with Crippen molar-refractivity contribution < 1.29 is 4.39 Å². The van der Waals surface area contributed by atoms with Gasteiger partial charge in [0.15, 0.2) is 5.82 Å². The van der Waals surface area contributed by atoms with Gasteiger partial charge >= 0.3 is 0 Å². The van der Waals surface area contributed by atoms with Gasteiger partial charge in [0.1, 0.15) is 5.82 Å². The van der Waals surface area contributed by atoms with E-state index in [1.165, 1.54) is 25.0 Å². The minimum Gasteiger partial charge on any atom is -0.337 e. The smallest absolute Gasteiger partial charge is 0.160 e. The van der Waals surface area contributed by atoms with Gasteiger partial charge in [-0.1, -0.05) is 0 Å². The summed E-state index contributed by atoms with van der Waals surface area (Å²) in [5, 5.41) is 8.75. The quantitative estimate of drug-likeness (QED) is 0.781. The van der Waals surface area contributed by atoms with Gasteiger partial charge in [-0.25, -0.2) is 4.39 Å². The lowest BCUT2D eigenvalue weighted by Gasteiger charge is -2.11. The number of hydrogen-bond donors (Lipinski definition) is 1. The highest BCUT2D eigenvalue weighted by Crippen LogP contribution is 2.41. The third-order valence-electron chi connectivity index (χ3n) is 4.28. The molecule has 1 aromatic carbocycles. The summed E-state index contributed by atoms with van der Waals surface area (Å²) in [6, 6.07) is 8.95. The monoisotopic (exact) mass is 296 g/mol. The Balaban J connectivity index is 1.81. The number of benzene rings is 1. The number of halogens is 1. The fraction of sp³-hybridized carbons (Fsp3) is 0.294. The molecular formula is C17H17FN4. The molecule has 4 nitrogen and oxygen atoms in total. The van der Waals surface area contributed by atoms with Crippen molar-refractivity contribution in [1.29, 1.82) is 0 Å². The second-order valence-corrected chi connectivity index (χ2v) is 5.90. The topological polar surface area (TPSA) is 42.7 Å². The van der Waals surface area contributed by atoms with Crippen LogP contribution in [-0.4, -0.2) is 14.8 Å². The summed E-state index contributed by atoms with van der Waals surface area (Å²) in [4.78, 5) is 4.09. The number of anilines is 2. The molecule has 1 atom stereocenters. The van der Waals surface area contributed by atoms with Gasteiger partial charge in [-0.05, 0) is 56.0 Å². The fourth-order valence-electron chi connectivity index (χ4n) is 2.87. The molecule has 0 aliphatic heterocycles. The van der Waals surface area contributed by atoms with E-state index >= 15 is 0 Å². The van der Waals surface area contributed by atoms with Crippen LogP contribution in [0.1, 0.15) is 25.8 Å². The van der Waals surface area contributed by atoms with Gasteiger partial charge in [0.25, 0.3) is 0 Å². The first-order valence-corrected chi connectivity index (χ1v) is 7.57. The molecule has 2 heterocycles. The van der Waals surface area contributed by atoms with Gasteiger partial charge in [-0.2, -0.15) is 5.10 Å². The van der Waals surface area contributed by atoms with Gasteiger partial charge in [0.05, 0.1) is 23.4 Å². The Morgan fingerprint density at radius 2 is 2.18 bits per heavy atom. The Morgan fingerprint density at radius 3 is 2.91 bits per heavy atom. The highest BCUT2D eigenvalue weighted by atomic mass is 19.1. The van der Waals surface area contributed by atoms with Gasteiger partial charge in [-0.15, -0.1) is 0 Å². The van der Waals surface area contributed by atoms with Crippen LogP contribution in [-0.2, 0) is 0 Å². The summed E-state index contributed by atoms with van der Waals surface area (Å²) >= 11 is 0. The van der Waals surface area contributed by atoms with Crippen LogP contribution in [0.3, 0.4) is 0 Å². The molecule has 0 amide bonds. The third-order valence-corrected chi connectivity index (χ3v) is 4.28. The Morgan fingerprint density at radius 1 is 1.32 bits per heavy atom. The SMILES string of the molecule is CC(C1CC1)n1nc(Nc2cccnc2)c2cc(F)ccc21. The number of fused-ring (bicyclic) bond motifs is 1. The Hall–Kier alpha value is -2.43. The zero-order chi connectivity index (χ0) is 15.1. The lowest BCUT2D eigenvalue weighted by molar-refractivity contribution is 0.455. The van der Waals surface area contributed by atoms with Crippen LogP contribution in [0.4, 0.5) is 15.9 Å². The molecule has 0 radical (unpaired) electrons. The van der Waals surface area contributed by atoms with Crippen molar-refractivity contribution in [1.82, 2.24) is 14.8 Å². The van der Waals surface area contributed by atoms with Gasteiger partial charge in [0.2, 0.25) is 0 Å². The number of aromatic nitrogens is 3. The lowest BCUT2D eigenvalue weighted by Crippen LogP contribution is -2.09. The minimum absolute atomic E-state index is 0.250. The molecule has 1 aliphatic carbocycles. The van der Waals surface area contributed by atoms with Crippen LogP contribution in [0.5, 0.6) is 0 Å². The van der Waals surface area contributed by atoms with Gasteiger partial charge < -0.3 is 5.32 Å². The second-order valence-electron chi connectivity index (χ2n) is 5.90. The van der Waals surface area contributed by atoms with Crippen molar-refractivity contribution >= 4 is 22.4 Å². The van der Waals surface area contributed by atoms with E-state index in [0.29, 0.717) is 17.8 Å². The maximum Gasteiger partial charge on any atom is 0.160 e. The summed E-state index contributed by atoms with van der Waals surface area (Å²) in [6.07, 6.45) is 5.94. The number of rotatable bonds is 4. The molecule has 1 N–H and O–H groups in total. The Labute approximate surface area is 128 Å². The first kappa shape index (κ1) is 13.2. The van der Waals surface area contributed by atoms with Crippen molar-refractivity contribution in [3.05, 3.63) is 48.5 Å². The Bertz CT molecular complexity index is 808. The molecule has 0 spiro atoms. The van der Waals surface area contributed by atoms with Crippen LogP contribution >= 0.6 is 0 Å². The average molecular weight is 296 g/mol. The summed E-state index contributed by atoms with van der Waals surface area (Å²) in [6.45, 7) is 2.18. The number of pyridine rings is 1.